The molecule has 0 aliphatic carbocycles. The zero-order valence-electron chi connectivity index (χ0n) is 21.6. The maximum absolute atomic E-state index is 13.9. The molecule has 3 aromatic carbocycles. The van der Waals surface area contributed by atoms with Gasteiger partial charge in [-0.3, -0.25) is 4.79 Å². The Morgan fingerprint density at radius 2 is 1.47 bits per heavy atom. The second kappa shape index (κ2) is 12.0. The van der Waals surface area contributed by atoms with E-state index in [1.807, 2.05) is 54.6 Å². The van der Waals surface area contributed by atoms with Crippen LogP contribution in [0.3, 0.4) is 0 Å². The van der Waals surface area contributed by atoms with Gasteiger partial charge >= 0.3 is 0 Å². The van der Waals surface area contributed by atoms with E-state index in [2.05, 4.69) is 61.7 Å². The van der Waals surface area contributed by atoms with Gasteiger partial charge in [-0.1, -0.05) is 105 Å². The fourth-order valence-corrected chi connectivity index (χ4v) is 5.22. The molecule has 0 fully saturated rings. The second-order valence-electron chi connectivity index (χ2n) is 9.88. The van der Waals surface area contributed by atoms with Gasteiger partial charge in [0.15, 0.2) is 5.78 Å². The molecular weight excluding hydrogens is 442 g/mol. The maximum Gasteiger partial charge on any atom is 0.166 e. The van der Waals surface area contributed by atoms with Gasteiger partial charge in [0.2, 0.25) is 0 Å². The van der Waals surface area contributed by atoms with Crippen molar-refractivity contribution in [2.24, 2.45) is 17.6 Å². The van der Waals surface area contributed by atoms with Crippen LogP contribution in [-0.4, -0.2) is 21.9 Å². The van der Waals surface area contributed by atoms with Crippen molar-refractivity contribution < 1.29 is 4.79 Å². The van der Waals surface area contributed by atoms with Crippen LogP contribution < -0.4 is 5.73 Å². The number of hydrogen-bond acceptors (Lipinski definition) is 3. The molecule has 186 valence electrons. The van der Waals surface area contributed by atoms with Crippen molar-refractivity contribution in [2.45, 2.75) is 46.1 Å². The molecule has 1 heterocycles. The summed E-state index contributed by atoms with van der Waals surface area (Å²) in [6.07, 6.45) is 1.54. The summed E-state index contributed by atoms with van der Waals surface area (Å²) in [6.45, 7) is 7.84. The minimum Gasteiger partial charge on any atom is -0.330 e. The Balaban J connectivity index is 1.86. The first-order chi connectivity index (χ1) is 17.5. The van der Waals surface area contributed by atoms with E-state index in [0.717, 1.165) is 41.2 Å². The van der Waals surface area contributed by atoms with Gasteiger partial charge in [0.05, 0.1) is 5.69 Å². The molecule has 4 rings (SSSR count). The lowest BCUT2D eigenvalue weighted by molar-refractivity contribution is 0.0867. The predicted octanol–water partition coefficient (Wildman–Crippen LogP) is 6.88. The fourth-order valence-electron chi connectivity index (χ4n) is 5.22. The highest BCUT2D eigenvalue weighted by molar-refractivity contribution is 5.98. The average molecular weight is 480 g/mol. The monoisotopic (exact) mass is 479 g/mol. The molecule has 2 N–H and O–H groups in total. The first-order valence-electron chi connectivity index (χ1n) is 13.0. The van der Waals surface area contributed by atoms with Gasteiger partial charge in [-0.2, -0.15) is 0 Å². The maximum atomic E-state index is 13.9. The first-order valence-corrected chi connectivity index (χ1v) is 13.0. The number of nitrogens with zero attached hydrogens (tertiary/aromatic N) is 2. The van der Waals surface area contributed by atoms with E-state index < -0.39 is 0 Å². The second-order valence-corrected chi connectivity index (χ2v) is 9.88. The Hall–Kier alpha value is -3.50. The van der Waals surface area contributed by atoms with E-state index in [1.54, 1.807) is 0 Å². The van der Waals surface area contributed by atoms with Crippen molar-refractivity contribution in [1.29, 1.82) is 0 Å². The number of hydrogen-bond donors (Lipinski definition) is 1. The van der Waals surface area contributed by atoms with Crippen molar-refractivity contribution in [3.63, 3.8) is 0 Å². The Kier molecular flexibility index (Phi) is 8.50. The summed E-state index contributed by atoms with van der Waals surface area (Å²) < 4.78 is 2.33. The van der Waals surface area contributed by atoms with Gasteiger partial charge in [-0.05, 0) is 37.8 Å². The van der Waals surface area contributed by atoms with E-state index in [-0.39, 0.29) is 23.5 Å². The highest BCUT2D eigenvalue weighted by Gasteiger charge is 2.36. The predicted molar refractivity (Wildman–Crippen MR) is 148 cm³/mol. The molecule has 4 aromatic rings. The minimum absolute atomic E-state index is 0.0378. The van der Waals surface area contributed by atoms with Gasteiger partial charge in [0, 0.05) is 35.2 Å². The number of aromatic nitrogens is 2. The molecular formula is C32H37N3O. The number of benzene rings is 3. The Labute approximate surface area is 215 Å². The fraction of sp³-hybridized carbons (Fsp3) is 0.312. The van der Waals surface area contributed by atoms with Crippen LogP contribution in [0.5, 0.6) is 0 Å². The molecule has 1 unspecified atom stereocenters. The smallest absolute Gasteiger partial charge is 0.166 e. The molecule has 0 amide bonds. The van der Waals surface area contributed by atoms with Gasteiger partial charge < -0.3 is 10.3 Å². The normalized spacial score (nSPS) is 13.0. The molecule has 1 aromatic heterocycles. The average Bonchev–Trinajstić information content (AvgIpc) is 3.22. The molecule has 0 bridgehead atoms. The summed E-state index contributed by atoms with van der Waals surface area (Å²) in [5.74, 6) is 1.15. The van der Waals surface area contributed by atoms with Crippen molar-refractivity contribution >= 4 is 5.78 Å². The molecule has 0 aliphatic rings. The Morgan fingerprint density at radius 3 is 2.06 bits per heavy atom. The van der Waals surface area contributed by atoms with Crippen LogP contribution in [-0.2, 0) is 6.54 Å². The summed E-state index contributed by atoms with van der Waals surface area (Å²) in [4.78, 5) is 19.2. The third-order valence-electron chi connectivity index (χ3n) is 7.05. The summed E-state index contributed by atoms with van der Waals surface area (Å²) in [5.41, 5.74) is 11.1. The van der Waals surface area contributed by atoms with Crippen molar-refractivity contribution in [2.75, 3.05) is 6.54 Å². The minimum atomic E-state index is -0.198. The molecule has 0 aliphatic heterocycles. The molecule has 4 nitrogen and oxygen atoms in total. The van der Waals surface area contributed by atoms with E-state index in [9.17, 15) is 4.79 Å². The van der Waals surface area contributed by atoms with E-state index in [1.165, 1.54) is 5.56 Å². The highest BCUT2D eigenvalue weighted by Crippen LogP contribution is 2.39. The van der Waals surface area contributed by atoms with Crippen LogP contribution in [0.2, 0.25) is 0 Å². The van der Waals surface area contributed by atoms with Gasteiger partial charge in [-0.25, -0.2) is 4.98 Å². The van der Waals surface area contributed by atoms with Crippen LogP contribution in [0.4, 0.5) is 0 Å². The number of rotatable bonds is 11. The van der Waals surface area contributed by atoms with Gasteiger partial charge in [0.25, 0.3) is 0 Å². The van der Waals surface area contributed by atoms with Crippen molar-refractivity contribution in [3.05, 3.63) is 114 Å². The van der Waals surface area contributed by atoms with E-state index in [4.69, 9.17) is 10.7 Å². The van der Waals surface area contributed by atoms with Gasteiger partial charge in [0.1, 0.15) is 5.82 Å². The van der Waals surface area contributed by atoms with Crippen LogP contribution in [0.25, 0.3) is 11.3 Å². The zero-order valence-corrected chi connectivity index (χ0v) is 21.6. The number of nitrogens with two attached hydrogens (primary N) is 1. The van der Waals surface area contributed by atoms with Crippen molar-refractivity contribution in [3.8, 4) is 11.3 Å². The lowest BCUT2D eigenvalue weighted by atomic mass is 9.76. The largest absolute Gasteiger partial charge is 0.330 e. The number of imidazole rings is 1. The third-order valence-corrected chi connectivity index (χ3v) is 7.05. The SMILES string of the molecule is Cc1c(-c2ccccc2)nc(C(C(C)C)[C@@H](CCCN)C(=O)c2ccccc2)n1Cc1ccccc1. The molecule has 4 heteroatoms. The van der Waals surface area contributed by atoms with Crippen molar-refractivity contribution in [1.82, 2.24) is 9.55 Å². The highest BCUT2D eigenvalue weighted by atomic mass is 16.1. The molecule has 0 spiro atoms. The zero-order chi connectivity index (χ0) is 25.5. The Bertz CT molecular complexity index is 1250. The van der Waals surface area contributed by atoms with Crippen LogP contribution in [0.15, 0.2) is 91.0 Å². The summed E-state index contributed by atoms with van der Waals surface area (Å²) in [7, 11) is 0. The molecule has 0 saturated carbocycles. The number of carbonyl (C=O) groups excluding carboxylic acids is 1. The van der Waals surface area contributed by atoms with Crippen LogP contribution in [0, 0.1) is 18.8 Å². The number of Topliss-reactive ketones (excluding diaryl/α,β-unsaturated/α-hetero) is 1. The molecule has 0 saturated heterocycles. The van der Waals surface area contributed by atoms with Crippen LogP contribution in [0.1, 0.15) is 60.0 Å². The van der Waals surface area contributed by atoms with E-state index in [0.29, 0.717) is 13.1 Å². The lowest BCUT2D eigenvalue weighted by Gasteiger charge is -2.30. The van der Waals surface area contributed by atoms with E-state index >= 15 is 0 Å². The third kappa shape index (κ3) is 5.66. The van der Waals surface area contributed by atoms with Gasteiger partial charge in [-0.15, -0.1) is 0 Å². The molecule has 2 atom stereocenters. The number of ketones is 1. The summed E-state index contributed by atoms with van der Waals surface area (Å²) in [5, 5.41) is 0. The quantitative estimate of drug-likeness (QED) is 0.238. The van der Waals surface area contributed by atoms with Crippen LogP contribution >= 0.6 is 0 Å². The Morgan fingerprint density at radius 1 is 0.889 bits per heavy atom. The lowest BCUT2D eigenvalue weighted by Crippen LogP contribution is -2.29. The topological polar surface area (TPSA) is 60.9 Å². The molecule has 36 heavy (non-hydrogen) atoms. The summed E-state index contributed by atoms with van der Waals surface area (Å²) in [6, 6.07) is 30.5. The standard InChI is InChI=1S/C32H37N3O/c1-23(2)29(28(20-13-21-33)31(36)27-18-11-6-12-19-27)32-34-30(26-16-9-5-10-17-26)24(3)35(32)22-25-14-7-4-8-15-25/h4-12,14-19,23,28-29H,13,20-22,33H2,1-3H3/t28-,29?/m1/s1. The number of carbonyl (C=O) groups is 1. The summed E-state index contributed by atoms with van der Waals surface area (Å²) >= 11 is 0. The first kappa shape index (κ1) is 25.6. The molecule has 0 radical (unpaired) electrons.